The third-order valence-corrected chi connectivity index (χ3v) is 5.59. The Morgan fingerprint density at radius 1 is 1.24 bits per heavy atom. The van der Waals surface area contributed by atoms with Crippen molar-refractivity contribution in [1.82, 2.24) is 10.2 Å². The molecule has 1 saturated carbocycles. The summed E-state index contributed by atoms with van der Waals surface area (Å²) in [7, 11) is 0. The molecule has 3 rings (SSSR count). The van der Waals surface area contributed by atoms with Crippen LogP contribution in [0.2, 0.25) is 0 Å². The summed E-state index contributed by atoms with van der Waals surface area (Å²) >= 11 is 0. The number of aliphatic hydroxyl groups is 1. The molecular weight excluding hydrogens is 321 g/mol. The molecule has 2 aliphatic rings. The number of anilines is 1. The molecule has 0 bridgehead atoms. The van der Waals surface area contributed by atoms with Gasteiger partial charge in [0.25, 0.3) is 0 Å². The van der Waals surface area contributed by atoms with Gasteiger partial charge in [0.15, 0.2) is 0 Å². The number of hydrogen-bond donors (Lipinski definition) is 2. The summed E-state index contributed by atoms with van der Waals surface area (Å²) in [6.45, 7) is 5.76. The molecule has 1 aliphatic carbocycles. The zero-order valence-corrected chi connectivity index (χ0v) is 14.8. The Balaban J connectivity index is 1.45. The van der Waals surface area contributed by atoms with Crippen molar-refractivity contribution < 1.29 is 14.3 Å². The second-order valence-corrected chi connectivity index (χ2v) is 7.18. The van der Waals surface area contributed by atoms with Crippen molar-refractivity contribution in [1.29, 1.82) is 0 Å². The van der Waals surface area contributed by atoms with E-state index in [9.17, 15) is 14.3 Å². The Bertz CT molecular complexity index is 573. The number of carbonyl (C=O) groups is 1. The second kappa shape index (κ2) is 8.15. The van der Waals surface area contributed by atoms with Gasteiger partial charge >= 0.3 is 0 Å². The van der Waals surface area contributed by atoms with Gasteiger partial charge in [0.1, 0.15) is 5.82 Å². The number of halogens is 1. The van der Waals surface area contributed by atoms with Gasteiger partial charge in [-0.25, -0.2) is 4.39 Å². The van der Waals surface area contributed by atoms with E-state index in [-0.39, 0.29) is 29.8 Å². The first-order valence-electron chi connectivity index (χ1n) is 9.25. The van der Waals surface area contributed by atoms with Crippen molar-refractivity contribution in [3.05, 3.63) is 30.1 Å². The van der Waals surface area contributed by atoms with Gasteiger partial charge in [-0.3, -0.25) is 9.69 Å². The molecule has 1 heterocycles. The van der Waals surface area contributed by atoms with E-state index in [0.29, 0.717) is 6.54 Å². The molecule has 138 valence electrons. The molecule has 1 aromatic rings. The first kappa shape index (κ1) is 18.1. The number of amides is 1. The first-order chi connectivity index (χ1) is 12.0. The van der Waals surface area contributed by atoms with Crippen LogP contribution in [-0.4, -0.2) is 60.8 Å². The number of rotatable bonds is 5. The molecular formula is C19H28FN3O2. The van der Waals surface area contributed by atoms with Crippen molar-refractivity contribution >= 4 is 11.6 Å². The maximum Gasteiger partial charge on any atom is 0.237 e. The minimum absolute atomic E-state index is 0.0364. The standard InChI is InChI=1S/C19H28FN3O2/c1-14(19(25)21-13-15-3-2-4-18(15)24)22-9-11-23(12-10-22)17-7-5-16(20)6-8-17/h5-8,14-15,18,24H,2-4,9-13H2,1H3,(H,21,25). The smallest absolute Gasteiger partial charge is 0.237 e. The normalized spacial score (nSPS) is 25.8. The predicted molar refractivity (Wildman–Crippen MR) is 96.0 cm³/mol. The molecule has 1 aliphatic heterocycles. The fourth-order valence-electron chi connectivity index (χ4n) is 3.82. The number of carbonyl (C=O) groups excluding carboxylic acids is 1. The van der Waals surface area contributed by atoms with Crippen LogP contribution in [0.5, 0.6) is 0 Å². The number of aliphatic hydroxyl groups excluding tert-OH is 1. The fourth-order valence-corrected chi connectivity index (χ4v) is 3.82. The topological polar surface area (TPSA) is 55.8 Å². The van der Waals surface area contributed by atoms with Gasteiger partial charge < -0.3 is 15.3 Å². The van der Waals surface area contributed by atoms with E-state index in [4.69, 9.17) is 0 Å². The minimum Gasteiger partial charge on any atom is -0.393 e. The zero-order chi connectivity index (χ0) is 17.8. The summed E-state index contributed by atoms with van der Waals surface area (Å²) in [6.07, 6.45) is 2.62. The van der Waals surface area contributed by atoms with Gasteiger partial charge in [-0.15, -0.1) is 0 Å². The van der Waals surface area contributed by atoms with E-state index in [1.807, 2.05) is 6.92 Å². The predicted octanol–water partition coefficient (Wildman–Crippen LogP) is 1.61. The van der Waals surface area contributed by atoms with Crippen LogP contribution in [0, 0.1) is 11.7 Å². The van der Waals surface area contributed by atoms with Gasteiger partial charge in [-0.1, -0.05) is 6.42 Å². The Labute approximate surface area is 148 Å². The average Bonchev–Trinajstić information content (AvgIpc) is 3.05. The molecule has 25 heavy (non-hydrogen) atoms. The van der Waals surface area contributed by atoms with Crippen LogP contribution < -0.4 is 10.2 Å². The van der Waals surface area contributed by atoms with Gasteiger partial charge in [0, 0.05) is 44.3 Å². The minimum atomic E-state index is -0.269. The number of nitrogens with zero attached hydrogens (tertiary/aromatic N) is 2. The summed E-state index contributed by atoms with van der Waals surface area (Å²) in [5.74, 6) is 0.0147. The number of benzene rings is 1. The molecule has 0 radical (unpaired) electrons. The molecule has 6 heteroatoms. The van der Waals surface area contributed by atoms with Gasteiger partial charge in [0.2, 0.25) is 5.91 Å². The maximum atomic E-state index is 13.0. The molecule has 1 aromatic carbocycles. The highest BCUT2D eigenvalue weighted by Gasteiger charge is 2.28. The highest BCUT2D eigenvalue weighted by atomic mass is 19.1. The van der Waals surface area contributed by atoms with Crippen LogP contribution in [0.15, 0.2) is 24.3 Å². The Morgan fingerprint density at radius 2 is 1.92 bits per heavy atom. The lowest BCUT2D eigenvalue weighted by Crippen LogP contribution is -2.54. The van der Waals surface area contributed by atoms with Gasteiger partial charge in [-0.2, -0.15) is 0 Å². The second-order valence-electron chi connectivity index (χ2n) is 7.18. The van der Waals surface area contributed by atoms with E-state index in [0.717, 1.165) is 51.1 Å². The molecule has 2 fully saturated rings. The van der Waals surface area contributed by atoms with E-state index in [1.54, 1.807) is 12.1 Å². The maximum absolute atomic E-state index is 13.0. The zero-order valence-electron chi connectivity index (χ0n) is 14.8. The molecule has 0 aromatic heterocycles. The summed E-state index contributed by atoms with van der Waals surface area (Å²) in [5, 5.41) is 12.9. The van der Waals surface area contributed by atoms with Gasteiger partial charge in [-0.05, 0) is 44.0 Å². The van der Waals surface area contributed by atoms with Crippen LogP contribution in [0.25, 0.3) is 0 Å². The summed E-state index contributed by atoms with van der Waals surface area (Å²) in [6, 6.07) is 6.39. The number of nitrogens with one attached hydrogen (secondary N) is 1. The Morgan fingerprint density at radius 3 is 2.52 bits per heavy atom. The van der Waals surface area contributed by atoms with Crippen molar-refractivity contribution in [3.63, 3.8) is 0 Å². The van der Waals surface area contributed by atoms with Gasteiger partial charge in [0.05, 0.1) is 12.1 Å². The van der Waals surface area contributed by atoms with Crippen molar-refractivity contribution in [3.8, 4) is 0 Å². The largest absolute Gasteiger partial charge is 0.393 e. The Hall–Kier alpha value is -1.66. The summed E-state index contributed by atoms with van der Waals surface area (Å²) in [4.78, 5) is 16.8. The van der Waals surface area contributed by atoms with Crippen LogP contribution >= 0.6 is 0 Å². The number of piperazine rings is 1. The third-order valence-electron chi connectivity index (χ3n) is 5.59. The lowest BCUT2D eigenvalue weighted by Gasteiger charge is -2.38. The molecule has 1 saturated heterocycles. The lowest BCUT2D eigenvalue weighted by atomic mass is 10.1. The van der Waals surface area contributed by atoms with E-state index in [2.05, 4.69) is 15.1 Å². The lowest BCUT2D eigenvalue weighted by molar-refractivity contribution is -0.126. The quantitative estimate of drug-likeness (QED) is 0.848. The van der Waals surface area contributed by atoms with Crippen molar-refractivity contribution in [2.24, 2.45) is 5.92 Å². The van der Waals surface area contributed by atoms with E-state index < -0.39 is 0 Å². The fraction of sp³-hybridized carbons (Fsp3) is 0.632. The Kier molecular flexibility index (Phi) is 5.91. The van der Waals surface area contributed by atoms with E-state index >= 15 is 0 Å². The molecule has 2 N–H and O–H groups in total. The van der Waals surface area contributed by atoms with Crippen LogP contribution in [-0.2, 0) is 4.79 Å². The molecule has 1 amide bonds. The number of hydrogen-bond acceptors (Lipinski definition) is 4. The summed E-state index contributed by atoms with van der Waals surface area (Å²) in [5.41, 5.74) is 1.02. The van der Waals surface area contributed by atoms with Crippen LogP contribution in [0.1, 0.15) is 26.2 Å². The molecule has 3 unspecified atom stereocenters. The average molecular weight is 349 g/mol. The van der Waals surface area contributed by atoms with E-state index in [1.165, 1.54) is 12.1 Å². The highest BCUT2D eigenvalue weighted by Crippen LogP contribution is 2.24. The molecule has 3 atom stereocenters. The van der Waals surface area contributed by atoms with Crippen molar-refractivity contribution in [2.75, 3.05) is 37.6 Å². The van der Waals surface area contributed by atoms with Crippen LogP contribution in [0.3, 0.4) is 0 Å². The molecule has 0 spiro atoms. The monoisotopic (exact) mass is 349 g/mol. The van der Waals surface area contributed by atoms with Crippen LogP contribution in [0.4, 0.5) is 10.1 Å². The highest BCUT2D eigenvalue weighted by molar-refractivity contribution is 5.81. The van der Waals surface area contributed by atoms with Crippen molar-refractivity contribution in [2.45, 2.75) is 38.3 Å². The molecule has 5 nitrogen and oxygen atoms in total. The first-order valence-corrected chi connectivity index (χ1v) is 9.25. The summed E-state index contributed by atoms with van der Waals surface area (Å²) < 4.78 is 13.0. The SMILES string of the molecule is CC(C(=O)NCC1CCCC1O)N1CCN(c2ccc(F)cc2)CC1. The third kappa shape index (κ3) is 4.50.